The van der Waals surface area contributed by atoms with Crippen molar-refractivity contribution in [2.45, 2.75) is 6.42 Å². The van der Waals surface area contributed by atoms with E-state index >= 15 is 0 Å². The van der Waals surface area contributed by atoms with Gasteiger partial charge < -0.3 is 20.8 Å². The number of anilines is 2. The fourth-order valence-corrected chi connectivity index (χ4v) is 3.73. The van der Waals surface area contributed by atoms with Gasteiger partial charge in [-0.2, -0.15) is 0 Å². The number of pyridine rings is 2. The summed E-state index contributed by atoms with van der Waals surface area (Å²) < 4.78 is 4.84. The molecule has 8 heteroatoms. The first-order valence-corrected chi connectivity index (χ1v) is 9.86. The molecule has 154 valence electrons. The lowest BCUT2D eigenvalue weighted by atomic mass is 10.1. The zero-order chi connectivity index (χ0) is 21.4. The molecule has 8 nitrogen and oxygen atoms in total. The first-order chi connectivity index (χ1) is 15.1. The molecule has 0 aliphatic rings. The molecule has 0 saturated carbocycles. The SMILES string of the molecule is COC(=O)c1ccc2c(c1)nc(NCCc1nc3ccc(N)cc3[nH]1)c1ccncc12. The summed E-state index contributed by atoms with van der Waals surface area (Å²) in [5, 5.41) is 6.26. The topological polar surface area (TPSA) is 119 Å². The highest BCUT2D eigenvalue weighted by Gasteiger charge is 2.12. The van der Waals surface area contributed by atoms with Crippen molar-refractivity contribution in [1.82, 2.24) is 19.9 Å². The molecule has 3 heterocycles. The van der Waals surface area contributed by atoms with Crippen LogP contribution in [0.3, 0.4) is 0 Å². The average molecular weight is 412 g/mol. The number of nitrogens with two attached hydrogens (primary N) is 1. The summed E-state index contributed by atoms with van der Waals surface area (Å²) in [5.74, 6) is 1.20. The number of nitrogen functional groups attached to an aromatic ring is 1. The Labute approximate surface area is 177 Å². The summed E-state index contributed by atoms with van der Waals surface area (Å²) in [6, 6.07) is 12.9. The summed E-state index contributed by atoms with van der Waals surface area (Å²) in [5.41, 5.74) is 9.51. The van der Waals surface area contributed by atoms with Crippen LogP contribution >= 0.6 is 0 Å². The van der Waals surface area contributed by atoms with Crippen LogP contribution in [-0.4, -0.2) is 39.6 Å². The average Bonchev–Trinajstić information content (AvgIpc) is 3.20. The van der Waals surface area contributed by atoms with E-state index in [-0.39, 0.29) is 0 Å². The van der Waals surface area contributed by atoms with Gasteiger partial charge in [0.2, 0.25) is 0 Å². The predicted octanol–water partition coefficient (Wildman–Crippen LogP) is 3.68. The van der Waals surface area contributed by atoms with Crippen LogP contribution in [-0.2, 0) is 11.2 Å². The number of carbonyl (C=O) groups is 1. The van der Waals surface area contributed by atoms with Gasteiger partial charge in [-0.1, -0.05) is 6.07 Å². The molecule has 4 N–H and O–H groups in total. The van der Waals surface area contributed by atoms with Crippen LogP contribution in [0.5, 0.6) is 0 Å². The molecular formula is C23H20N6O2. The highest BCUT2D eigenvalue weighted by Crippen LogP contribution is 2.29. The van der Waals surface area contributed by atoms with E-state index in [1.165, 1.54) is 7.11 Å². The van der Waals surface area contributed by atoms with E-state index < -0.39 is 5.97 Å². The first-order valence-electron chi connectivity index (χ1n) is 9.86. The Morgan fingerprint density at radius 2 is 1.97 bits per heavy atom. The van der Waals surface area contributed by atoms with Crippen LogP contribution in [0.2, 0.25) is 0 Å². The maximum atomic E-state index is 11.9. The second-order valence-electron chi connectivity index (χ2n) is 7.24. The second-order valence-corrected chi connectivity index (χ2v) is 7.24. The van der Waals surface area contributed by atoms with Crippen LogP contribution in [0.25, 0.3) is 32.7 Å². The fraction of sp³-hybridized carbons (Fsp3) is 0.130. The number of aromatic amines is 1. The number of H-pyrrole nitrogens is 1. The van der Waals surface area contributed by atoms with Gasteiger partial charge >= 0.3 is 5.97 Å². The lowest BCUT2D eigenvalue weighted by Crippen LogP contribution is -2.08. The minimum Gasteiger partial charge on any atom is -0.465 e. The van der Waals surface area contributed by atoms with Gasteiger partial charge in [0.25, 0.3) is 0 Å². The number of aromatic nitrogens is 4. The molecule has 2 aromatic carbocycles. The summed E-state index contributed by atoms with van der Waals surface area (Å²) in [4.78, 5) is 28.9. The lowest BCUT2D eigenvalue weighted by molar-refractivity contribution is 0.0601. The Morgan fingerprint density at radius 3 is 2.84 bits per heavy atom. The van der Waals surface area contributed by atoms with Gasteiger partial charge in [-0.3, -0.25) is 4.98 Å². The Morgan fingerprint density at radius 1 is 1.06 bits per heavy atom. The van der Waals surface area contributed by atoms with Gasteiger partial charge in [-0.05, 0) is 36.4 Å². The number of fused-ring (bicyclic) bond motifs is 4. The smallest absolute Gasteiger partial charge is 0.337 e. The molecule has 0 aliphatic heterocycles. The maximum Gasteiger partial charge on any atom is 0.337 e. The molecule has 5 rings (SSSR count). The van der Waals surface area contributed by atoms with Crippen LogP contribution in [0.15, 0.2) is 54.9 Å². The zero-order valence-electron chi connectivity index (χ0n) is 16.8. The highest BCUT2D eigenvalue weighted by atomic mass is 16.5. The van der Waals surface area contributed by atoms with E-state index in [4.69, 9.17) is 15.5 Å². The van der Waals surface area contributed by atoms with E-state index in [0.29, 0.717) is 29.7 Å². The summed E-state index contributed by atoms with van der Waals surface area (Å²) in [6.45, 7) is 0.627. The number of nitrogens with zero attached hydrogens (tertiary/aromatic N) is 3. The molecule has 0 unspecified atom stereocenters. The second kappa shape index (κ2) is 7.56. The predicted molar refractivity (Wildman–Crippen MR) is 121 cm³/mol. The van der Waals surface area contributed by atoms with Gasteiger partial charge in [0.1, 0.15) is 11.6 Å². The monoisotopic (exact) mass is 412 g/mol. The zero-order valence-corrected chi connectivity index (χ0v) is 16.8. The van der Waals surface area contributed by atoms with Crippen LogP contribution in [0, 0.1) is 0 Å². The molecular weight excluding hydrogens is 392 g/mol. The van der Waals surface area contributed by atoms with E-state index in [2.05, 4.69) is 20.3 Å². The molecule has 0 spiro atoms. The van der Waals surface area contributed by atoms with Crippen molar-refractivity contribution in [2.75, 3.05) is 24.7 Å². The van der Waals surface area contributed by atoms with Crippen LogP contribution in [0.4, 0.5) is 11.5 Å². The Balaban J connectivity index is 1.46. The minimum atomic E-state index is -0.394. The Hall–Kier alpha value is -4.20. The standard InChI is InChI=1S/C23H20N6O2/c1-31-23(30)13-2-4-15-17-12-25-8-6-16(17)22(29-19(15)10-13)26-9-7-21-27-18-5-3-14(24)11-20(18)28-21/h2-6,8,10-12H,7,9,24H2,1H3,(H,26,29)(H,27,28). The normalized spacial score (nSPS) is 11.3. The number of carbonyl (C=O) groups excluding carboxylic acids is 1. The molecule has 0 amide bonds. The van der Waals surface area contributed by atoms with Crippen molar-refractivity contribution in [2.24, 2.45) is 0 Å². The number of benzene rings is 2. The lowest BCUT2D eigenvalue weighted by Gasteiger charge is -2.11. The van der Waals surface area contributed by atoms with Gasteiger partial charge in [0.05, 0.1) is 29.2 Å². The number of ether oxygens (including phenoxy) is 1. The van der Waals surface area contributed by atoms with Crippen molar-refractivity contribution in [3.05, 3.63) is 66.2 Å². The van der Waals surface area contributed by atoms with Gasteiger partial charge in [-0.15, -0.1) is 0 Å². The molecule has 3 aromatic heterocycles. The number of methoxy groups -OCH3 is 1. The highest BCUT2D eigenvalue weighted by molar-refractivity contribution is 6.10. The Bertz CT molecular complexity index is 1440. The number of rotatable bonds is 5. The molecule has 31 heavy (non-hydrogen) atoms. The largest absolute Gasteiger partial charge is 0.465 e. The molecule has 0 saturated heterocycles. The summed E-state index contributed by atoms with van der Waals surface area (Å²) >= 11 is 0. The number of hydrogen-bond acceptors (Lipinski definition) is 7. The number of esters is 1. The van der Waals surface area contributed by atoms with Crippen molar-refractivity contribution < 1.29 is 9.53 Å². The maximum absolute atomic E-state index is 11.9. The van der Waals surface area contributed by atoms with Crippen LogP contribution in [0.1, 0.15) is 16.2 Å². The van der Waals surface area contributed by atoms with Gasteiger partial charge in [-0.25, -0.2) is 14.8 Å². The van der Waals surface area contributed by atoms with Crippen molar-refractivity contribution >= 4 is 50.2 Å². The number of nitrogens with one attached hydrogen (secondary N) is 2. The molecule has 0 radical (unpaired) electrons. The van der Waals surface area contributed by atoms with Crippen molar-refractivity contribution in [3.8, 4) is 0 Å². The first kappa shape index (κ1) is 18.8. The molecule has 0 fully saturated rings. The molecule has 0 aliphatic carbocycles. The quantitative estimate of drug-likeness (QED) is 0.229. The third kappa shape index (κ3) is 3.48. The fourth-order valence-electron chi connectivity index (χ4n) is 3.73. The van der Waals surface area contributed by atoms with Crippen LogP contribution < -0.4 is 11.1 Å². The summed E-state index contributed by atoms with van der Waals surface area (Å²) in [6.07, 6.45) is 4.24. The molecule has 0 bridgehead atoms. The number of hydrogen-bond donors (Lipinski definition) is 3. The number of imidazole rings is 1. The molecule has 5 aromatic rings. The van der Waals surface area contributed by atoms with E-state index in [0.717, 1.165) is 38.8 Å². The third-order valence-corrected chi connectivity index (χ3v) is 5.23. The Kier molecular flexibility index (Phi) is 4.59. The minimum absolute atomic E-state index is 0.394. The van der Waals surface area contributed by atoms with Gasteiger partial charge in [0.15, 0.2) is 0 Å². The summed E-state index contributed by atoms with van der Waals surface area (Å²) in [7, 11) is 1.36. The van der Waals surface area contributed by atoms with E-state index in [9.17, 15) is 4.79 Å². The van der Waals surface area contributed by atoms with Crippen molar-refractivity contribution in [1.29, 1.82) is 0 Å². The third-order valence-electron chi connectivity index (χ3n) is 5.23. The van der Waals surface area contributed by atoms with E-state index in [1.807, 2.05) is 36.5 Å². The van der Waals surface area contributed by atoms with Crippen molar-refractivity contribution in [3.63, 3.8) is 0 Å². The van der Waals surface area contributed by atoms with E-state index in [1.54, 1.807) is 18.3 Å². The van der Waals surface area contributed by atoms with Gasteiger partial charge in [0, 0.05) is 47.2 Å². The molecule has 0 atom stereocenters.